The number of benzene rings is 2. The van der Waals surface area contributed by atoms with E-state index in [0.717, 1.165) is 60.8 Å². The molecule has 3 rings (SSSR count). The molecular formula is C54H86O7. The summed E-state index contributed by atoms with van der Waals surface area (Å²) in [6, 6.07) is 16.2. The van der Waals surface area contributed by atoms with Gasteiger partial charge in [-0.05, 0) is 35.1 Å². The summed E-state index contributed by atoms with van der Waals surface area (Å²) in [5, 5.41) is 10.4. The van der Waals surface area contributed by atoms with Crippen molar-refractivity contribution in [3.63, 3.8) is 0 Å². The van der Waals surface area contributed by atoms with Gasteiger partial charge in [0.25, 0.3) is 0 Å². The van der Waals surface area contributed by atoms with Crippen molar-refractivity contribution in [2.75, 3.05) is 13.2 Å². The third-order valence-electron chi connectivity index (χ3n) is 12.6. The van der Waals surface area contributed by atoms with Crippen LogP contribution in [0.25, 0.3) is 11.1 Å². The van der Waals surface area contributed by atoms with E-state index in [2.05, 4.69) is 26.0 Å². The molecule has 0 bridgehead atoms. The number of unbranched alkanes of at least 4 members (excludes halogenated alkanes) is 28. The van der Waals surface area contributed by atoms with Crippen molar-refractivity contribution in [3.8, 4) is 11.1 Å². The maximum absolute atomic E-state index is 13.8. The first-order valence-corrected chi connectivity index (χ1v) is 25.3. The number of hydrogen-bond donors (Lipinski definition) is 1. The molecule has 0 spiro atoms. The monoisotopic (exact) mass is 847 g/mol. The Bertz CT molecular complexity index is 1390. The van der Waals surface area contributed by atoms with Crippen LogP contribution in [0, 0.1) is 0 Å². The van der Waals surface area contributed by atoms with Crippen LogP contribution in [0.4, 0.5) is 0 Å². The Kier molecular flexibility index (Phi) is 29.3. The first-order valence-electron chi connectivity index (χ1n) is 25.3. The molecule has 0 aliphatic heterocycles. The zero-order valence-corrected chi connectivity index (χ0v) is 38.8. The van der Waals surface area contributed by atoms with Crippen LogP contribution >= 0.6 is 0 Å². The number of aliphatic hydroxyl groups is 1. The number of aliphatic hydroxyl groups excluding tert-OH is 1. The molecule has 1 aliphatic carbocycles. The van der Waals surface area contributed by atoms with Crippen LogP contribution in [-0.4, -0.2) is 48.4 Å². The van der Waals surface area contributed by atoms with E-state index in [1.165, 1.54) is 141 Å². The summed E-state index contributed by atoms with van der Waals surface area (Å²) in [7, 11) is 0. The molecule has 7 heteroatoms. The highest BCUT2D eigenvalue weighted by molar-refractivity contribution is 5.82. The molecule has 61 heavy (non-hydrogen) atoms. The van der Waals surface area contributed by atoms with Crippen molar-refractivity contribution >= 4 is 17.9 Å². The van der Waals surface area contributed by atoms with E-state index in [0.29, 0.717) is 12.8 Å². The Morgan fingerprint density at radius 1 is 0.475 bits per heavy atom. The Morgan fingerprint density at radius 3 is 1.16 bits per heavy atom. The fraction of sp³-hybridized carbons (Fsp3) is 0.722. The quantitative estimate of drug-likeness (QED) is 0.0406. The van der Waals surface area contributed by atoms with Gasteiger partial charge >= 0.3 is 17.9 Å². The number of hydrogen-bond acceptors (Lipinski definition) is 7. The van der Waals surface area contributed by atoms with Crippen LogP contribution < -0.4 is 0 Å². The standard InChI is InChI=1S/C54H86O7/c1-3-5-7-9-11-13-15-17-19-21-23-25-27-29-31-41-51(56)60-50(43-55)53(54(58)59-44-49-47-39-35-33-37-45(47)46-38-34-36-40-48(46)49)61-52(57)42-32-30-28-26-24-22-20-18-16-14-12-10-8-6-4-2/h33-40,49-50,53,55H,3-32,41-44H2,1-2H3. The Morgan fingerprint density at radius 2 is 0.803 bits per heavy atom. The summed E-state index contributed by atoms with van der Waals surface area (Å²) in [5.74, 6) is -2.06. The topological polar surface area (TPSA) is 99.1 Å². The number of fused-ring (bicyclic) bond motifs is 3. The lowest BCUT2D eigenvalue weighted by molar-refractivity contribution is -0.185. The molecule has 7 nitrogen and oxygen atoms in total. The van der Waals surface area contributed by atoms with Crippen LogP contribution in [-0.2, 0) is 28.6 Å². The number of ether oxygens (including phenoxy) is 3. The molecule has 0 aromatic heterocycles. The maximum atomic E-state index is 13.8. The molecule has 2 atom stereocenters. The zero-order valence-electron chi connectivity index (χ0n) is 38.8. The second kappa shape index (κ2) is 34.3. The Hall–Kier alpha value is -3.19. The lowest BCUT2D eigenvalue weighted by atomic mass is 9.98. The molecule has 0 amide bonds. The number of esters is 3. The van der Waals surface area contributed by atoms with Crippen molar-refractivity contribution in [1.29, 1.82) is 0 Å². The van der Waals surface area contributed by atoms with Gasteiger partial charge in [0.15, 0.2) is 6.10 Å². The predicted octanol–water partition coefficient (Wildman–Crippen LogP) is 14.7. The molecule has 0 heterocycles. The largest absolute Gasteiger partial charge is 0.462 e. The minimum atomic E-state index is -1.55. The van der Waals surface area contributed by atoms with Crippen molar-refractivity contribution in [2.24, 2.45) is 0 Å². The van der Waals surface area contributed by atoms with Gasteiger partial charge in [0, 0.05) is 18.8 Å². The number of rotatable bonds is 39. The van der Waals surface area contributed by atoms with E-state index in [1.807, 2.05) is 36.4 Å². The minimum absolute atomic E-state index is 0.0329. The van der Waals surface area contributed by atoms with Gasteiger partial charge in [-0.15, -0.1) is 0 Å². The van der Waals surface area contributed by atoms with Gasteiger partial charge in [-0.3, -0.25) is 9.59 Å². The summed E-state index contributed by atoms with van der Waals surface area (Å²) in [4.78, 5) is 39.9. The highest BCUT2D eigenvalue weighted by Gasteiger charge is 2.37. The smallest absolute Gasteiger partial charge is 0.351 e. The summed E-state index contributed by atoms with van der Waals surface area (Å²) in [6.07, 6.45) is 34.3. The van der Waals surface area contributed by atoms with Gasteiger partial charge in [0.2, 0.25) is 6.10 Å². The third-order valence-corrected chi connectivity index (χ3v) is 12.6. The fourth-order valence-electron chi connectivity index (χ4n) is 8.87. The third kappa shape index (κ3) is 22.1. The highest BCUT2D eigenvalue weighted by atomic mass is 16.6. The van der Waals surface area contributed by atoms with E-state index in [1.54, 1.807) is 0 Å². The number of carbonyl (C=O) groups is 3. The average molecular weight is 847 g/mol. The van der Waals surface area contributed by atoms with Crippen molar-refractivity contribution in [2.45, 2.75) is 237 Å². The van der Waals surface area contributed by atoms with Crippen LogP contribution in [0.5, 0.6) is 0 Å². The first-order chi connectivity index (χ1) is 30.0. The molecule has 1 aliphatic rings. The van der Waals surface area contributed by atoms with Gasteiger partial charge in [-0.2, -0.15) is 0 Å². The predicted molar refractivity (Wildman–Crippen MR) is 251 cm³/mol. The van der Waals surface area contributed by atoms with Gasteiger partial charge in [-0.1, -0.05) is 242 Å². The molecule has 0 radical (unpaired) electrons. The maximum Gasteiger partial charge on any atom is 0.351 e. The molecule has 2 aromatic carbocycles. The van der Waals surface area contributed by atoms with Gasteiger partial charge in [-0.25, -0.2) is 4.79 Å². The van der Waals surface area contributed by atoms with Crippen molar-refractivity contribution in [1.82, 2.24) is 0 Å². The fourth-order valence-corrected chi connectivity index (χ4v) is 8.87. The summed E-state index contributed by atoms with van der Waals surface area (Å²) >= 11 is 0. The van der Waals surface area contributed by atoms with Gasteiger partial charge < -0.3 is 19.3 Å². The molecule has 0 saturated heterocycles. The molecule has 2 unspecified atom stereocenters. The Labute approximate surface area is 371 Å². The van der Waals surface area contributed by atoms with Crippen molar-refractivity contribution < 1.29 is 33.7 Å². The average Bonchev–Trinajstić information content (AvgIpc) is 3.59. The molecule has 2 aromatic rings. The van der Waals surface area contributed by atoms with E-state index < -0.39 is 36.7 Å². The lowest BCUT2D eigenvalue weighted by Crippen LogP contribution is -2.44. The van der Waals surface area contributed by atoms with E-state index in [9.17, 15) is 19.5 Å². The Balaban J connectivity index is 1.40. The van der Waals surface area contributed by atoms with Crippen LogP contribution in [0.2, 0.25) is 0 Å². The van der Waals surface area contributed by atoms with E-state index >= 15 is 0 Å². The second-order valence-corrected chi connectivity index (χ2v) is 17.9. The van der Waals surface area contributed by atoms with Crippen LogP contribution in [0.15, 0.2) is 48.5 Å². The zero-order chi connectivity index (χ0) is 43.6. The molecule has 344 valence electrons. The molecule has 0 saturated carbocycles. The van der Waals surface area contributed by atoms with Crippen LogP contribution in [0.1, 0.15) is 236 Å². The first kappa shape index (κ1) is 52.2. The van der Waals surface area contributed by atoms with Crippen molar-refractivity contribution in [3.05, 3.63) is 59.7 Å². The molecule has 1 N–H and O–H groups in total. The summed E-state index contributed by atoms with van der Waals surface area (Å²) in [6.45, 7) is 3.90. The summed E-state index contributed by atoms with van der Waals surface area (Å²) in [5.41, 5.74) is 4.33. The second-order valence-electron chi connectivity index (χ2n) is 17.9. The van der Waals surface area contributed by atoms with Gasteiger partial charge in [0.1, 0.15) is 6.61 Å². The summed E-state index contributed by atoms with van der Waals surface area (Å²) < 4.78 is 17.2. The van der Waals surface area contributed by atoms with Crippen LogP contribution in [0.3, 0.4) is 0 Å². The SMILES string of the molecule is CCCCCCCCCCCCCCCCCC(=O)OC(CO)C(OC(=O)CCCCCCCCCCCCCCCCC)C(=O)OCC1c2ccccc2-c2ccccc21. The lowest BCUT2D eigenvalue weighted by Gasteiger charge is -2.25. The number of carbonyl (C=O) groups excluding carboxylic acids is 3. The highest BCUT2D eigenvalue weighted by Crippen LogP contribution is 2.44. The molecule has 0 fully saturated rings. The van der Waals surface area contributed by atoms with E-state index in [4.69, 9.17) is 14.2 Å². The van der Waals surface area contributed by atoms with Gasteiger partial charge in [0.05, 0.1) is 6.61 Å². The normalized spacial score (nSPS) is 13.1. The van der Waals surface area contributed by atoms with E-state index in [-0.39, 0.29) is 25.4 Å². The molecular weight excluding hydrogens is 761 g/mol. The minimum Gasteiger partial charge on any atom is -0.462 e.